The van der Waals surface area contributed by atoms with Crippen molar-refractivity contribution in [1.29, 1.82) is 0 Å². The number of urea groups is 1. The normalized spacial score (nSPS) is 13.8. The van der Waals surface area contributed by atoms with Crippen molar-refractivity contribution in [2.24, 2.45) is 0 Å². The molecule has 0 radical (unpaired) electrons. The number of fused-ring (bicyclic) bond motifs is 1. The monoisotopic (exact) mass is 336 g/mol. The van der Waals surface area contributed by atoms with Crippen LogP contribution in [0.3, 0.4) is 0 Å². The van der Waals surface area contributed by atoms with Crippen LogP contribution in [0.2, 0.25) is 5.02 Å². The summed E-state index contributed by atoms with van der Waals surface area (Å²) in [5.41, 5.74) is 2.28. The van der Waals surface area contributed by atoms with Gasteiger partial charge in [-0.3, -0.25) is 4.90 Å². The maximum atomic E-state index is 13.2. The Balaban J connectivity index is 1.87. The Bertz CT molecular complexity index is 900. The van der Waals surface area contributed by atoms with Crippen molar-refractivity contribution in [2.75, 3.05) is 9.80 Å². The number of amides is 2. The molecule has 1 aliphatic rings. The molecule has 24 heavy (non-hydrogen) atoms. The molecule has 1 aromatic heterocycles. The summed E-state index contributed by atoms with van der Waals surface area (Å²) >= 11 is 6.30. The van der Waals surface area contributed by atoms with Crippen LogP contribution in [0, 0.1) is 0 Å². The Morgan fingerprint density at radius 1 is 1.00 bits per heavy atom. The summed E-state index contributed by atoms with van der Waals surface area (Å²) in [6, 6.07) is 16.5. The second-order valence-corrected chi connectivity index (χ2v) is 5.77. The number of hydrogen-bond acceptors (Lipinski definition) is 3. The number of rotatable bonds is 2. The summed E-state index contributed by atoms with van der Waals surface area (Å²) in [6.07, 6.45) is 3.18. The maximum Gasteiger partial charge on any atom is 0.335 e. The maximum absolute atomic E-state index is 13.2. The summed E-state index contributed by atoms with van der Waals surface area (Å²) in [7, 11) is 0. The number of halogens is 1. The second kappa shape index (κ2) is 5.94. The van der Waals surface area contributed by atoms with Gasteiger partial charge in [-0.05, 0) is 24.3 Å². The summed E-state index contributed by atoms with van der Waals surface area (Å²) in [5, 5.41) is 0.527. The topological polar surface area (TPSA) is 49.3 Å². The molecule has 1 aliphatic heterocycles. The first-order valence-corrected chi connectivity index (χ1v) is 7.83. The molecule has 2 amide bonds. The first-order chi connectivity index (χ1) is 11.8. The number of carbonyl (C=O) groups excluding carboxylic acids is 1. The van der Waals surface area contributed by atoms with Gasteiger partial charge in [0.15, 0.2) is 0 Å². The predicted molar refractivity (Wildman–Crippen MR) is 93.6 cm³/mol. The summed E-state index contributed by atoms with van der Waals surface area (Å²) in [6.45, 7) is 0.377. The van der Waals surface area contributed by atoms with E-state index in [2.05, 4.69) is 9.97 Å². The lowest BCUT2D eigenvalue weighted by molar-refractivity contribution is 0.252. The highest BCUT2D eigenvalue weighted by Crippen LogP contribution is 2.36. The van der Waals surface area contributed by atoms with Gasteiger partial charge in [0.1, 0.15) is 12.1 Å². The molecular formula is C18H13ClN4O. The van der Waals surface area contributed by atoms with Crippen molar-refractivity contribution in [1.82, 2.24) is 9.97 Å². The summed E-state index contributed by atoms with van der Waals surface area (Å²) in [4.78, 5) is 24.8. The molecule has 3 aromatic rings. The molecule has 0 fully saturated rings. The van der Waals surface area contributed by atoms with E-state index in [1.807, 2.05) is 48.5 Å². The van der Waals surface area contributed by atoms with Gasteiger partial charge in [0.2, 0.25) is 0 Å². The van der Waals surface area contributed by atoms with Gasteiger partial charge in [-0.1, -0.05) is 41.9 Å². The fourth-order valence-corrected chi connectivity index (χ4v) is 3.02. The van der Waals surface area contributed by atoms with Crippen LogP contribution in [0.1, 0.15) is 5.56 Å². The molecule has 118 valence electrons. The molecule has 0 N–H and O–H groups in total. The molecule has 2 aromatic carbocycles. The van der Waals surface area contributed by atoms with E-state index in [4.69, 9.17) is 11.6 Å². The van der Waals surface area contributed by atoms with Crippen LogP contribution in [0.25, 0.3) is 0 Å². The van der Waals surface area contributed by atoms with E-state index in [1.165, 1.54) is 6.33 Å². The third-order valence-electron chi connectivity index (χ3n) is 3.88. The van der Waals surface area contributed by atoms with Gasteiger partial charge < -0.3 is 0 Å². The Morgan fingerprint density at radius 3 is 2.54 bits per heavy atom. The van der Waals surface area contributed by atoms with Crippen molar-refractivity contribution in [3.8, 4) is 0 Å². The summed E-state index contributed by atoms with van der Waals surface area (Å²) < 4.78 is 0. The Labute approximate surface area is 144 Å². The zero-order chi connectivity index (χ0) is 16.5. The number of carbonyl (C=O) groups is 1. The summed E-state index contributed by atoms with van der Waals surface area (Å²) in [5.74, 6) is 0.601. The van der Waals surface area contributed by atoms with Crippen LogP contribution in [-0.2, 0) is 6.54 Å². The van der Waals surface area contributed by atoms with E-state index < -0.39 is 0 Å². The van der Waals surface area contributed by atoms with Gasteiger partial charge in [0.25, 0.3) is 0 Å². The number of para-hydroxylation sites is 2. The molecule has 6 heteroatoms. The van der Waals surface area contributed by atoms with E-state index in [0.29, 0.717) is 23.1 Å². The quantitative estimate of drug-likeness (QED) is 0.696. The molecule has 0 saturated heterocycles. The lowest BCUT2D eigenvalue weighted by atomic mass is 10.1. The van der Waals surface area contributed by atoms with Gasteiger partial charge in [-0.15, -0.1) is 0 Å². The molecule has 5 nitrogen and oxygen atoms in total. The largest absolute Gasteiger partial charge is 0.335 e. The van der Waals surface area contributed by atoms with Gasteiger partial charge >= 0.3 is 6.03 Å². The highest BCUT2D eigenvalue weighted by molar-refractivity contribution is 6.34. The molecule has 0 unspecified atom stereocenters. The zero-order valence-corrected chi connectivity index (χ0v) is 13.4. The van der Waals surface area contributed by atoms with Gasteiger partial charge in [0.05, 0.1) is 22.9 Å². The Kier molecular flexibility index (Phi) is 3.63. The molecular weight excluding hydrogens is 324 g/mol. The number of anilines is 3. The minimum atomic E-state index is -0.194. The average molecular weight is 337 g/mol. The lowest BCUT2D eigenvalue weighted by Gasteiger charge is -2.36. The van der Waals surface area contributed by atoms with Crippen LogP contribution in [0.5, 0.6) is 0 Å². The molecule has 0 saturated carbocycles. The highest BCUT2D eigenvalue weighted by atomic mass is 35.5. The fraction of sp³-hybridized carbons (Fsp3) is 0.0556. The number of aromatic nitrogens is 2. The third-order valence-corrected chi connectivity index (χ3v) is 4.20. The van der Waals surface area contributed by atoms with E-state index in [1.54, 1.807) is 22.1 Å². The van der Waals surface area contributed by atoms with Gasteiger partial charge in [-0.25, -0.2) is 19.7 Å². The lowest BCUT2D eigenvalue weighted by Crippen LogP contribution is -2.45. The number of hydrogen-bond donors (Lipinski definition) is 0. The van der Waals surface area contributed by atoms with Crippen LogP contribution in [0.15, 0.2) is 67.1 Å². The Hall–Kier alpha value is -2.92. The average Bonchev–Trinajstić information content (AvgIpc) is 2.63. The SMILES string of the molecule is O=C1N(c2ccccc2Cl)Cc2cncnc2N1c1ccccc1. The van der Waals surface area contributed by atoms with Crippen LogP contribution in [0.4, 0.5) is 22.0 Å². The van der Waals surface area contributed by atoms with Crippen molar-refractivity contribution in [3.05, 3.63) is 77.7 Å². The molecule has 0 aliphatic carbocycles. The standard InChI is InChI=1S/C18H13ClN4O/c19-15-8-4-5-9-16(15)22-11-13-10-20-12-21-17(13)23(18(22)24)14-6-2-1-3-7-14/h1-10,12H,11H2. The molecule has 0 atom stereocenters. The van der Waals surface area contributed by atoms with Gasteiger partial charge in [0, 0.05) is 11.8 Å². The van der Waals surface area contributed by atoms with Crippen molar-refractivity contribution in [2.45, 2.75) is 6.54 Å². The van der Waals surface area contributed by atoms with Crippen LogP contribution >= 0.6 is 11.6 Å². The fourth-order valence-electron chi connectivity index (χ4n) is 2.78. The predicted octanol–water partition coefficient (Wildman–Crippen LogP) is 4.41. The molecule has 4 rings (SSSR count). The van der Waals surface area contributed by atoms with Crippen molar-refractivity contribution >= 4 is 34.8 Å². The third kappa shape index (κ3) is 2.39. The van der Waals surface area contributed by atoms with E-state index in [0.717, 1.165) is 11.3 Å². The first kappa shape index (κ1) is 14.7. The van der Waals surface area contributed by atoms with Crippen LogP contribution < -0.4 is 9.80 Å². The molecule has 0 spiro atoms. The molecule has 0 bridgehead atoms. The van der Waals surface area contributed by atoms with E-state index in [-0.39, 0.29) is 6.03 Å². The minimum Gasteiger partial charge on any atom is -0.288 e. The highest BCUT2D eigenvalue weighted by Gasteiger charge is 2.34. The van der Waals surface area contributed by atoms with E-state index in [9.17, 15) is 4.79 Å². The van der Waals surface area contributed by atoms with E-state index >= 15 is 0 Å². The van der Waals surface area contributed by atoms with Crippen molar-refractivity contribution in [3.63, 3.8) is 0 Å². The smallest absolute Gasteiger partial charge is 0.288 e. The Morgan fingerprint density at radius 2 is 1.75 bits per heavy atom. The minimum absolute atomic E-state index is 0.194. The molecule has 2 heterocycles. The number of nitrogens with zero attached hydrogens (tertiary/aromatic N) is 4. The van der Waals surface area contributed by atoms with Crippen molar-refractivity contribution < 1.29 is 4.79 Å². The van der Waals surface area contributed by atoms with Gasteiger partial charge in [-0.2, -0.15) is 0 Å². The zero-order valence-electron chi connectivity index (χ0n) is 12.6. The number of benzene rings is 2. The first-order valence-electron chi connectivity index (χ1n) is 7.46. The van der Waals surface area contributed by atoms with Crippen LogP contribution in [-0.4, -0.2) is 16.0 Å². The second-order valence-electron chi connectivity index (χ2n) is 5.36.